The molecular formula is C17H16O2. The highest BCUT2D eigenvalue weighted by molar-refractivity contribution is 5.94. The van der Waals surface area contributed by atoms with E-state index in [1.807, 2.05) is 24.3 Å². The number of carbonyl (C=O) groups is 1. The van der Waals surface area contributed by atoms with Gasteiger partial charge in [-0.1, -0.05) is 24.3 Å². The van der Waals surface area contributed by atoms with Gasteiger partial charge in [-0.05, 0) is 42.3 Å². The number of hydrogen-bond donors (Lipinski definition) is 0. The van der Waals surface area contributed by atoms with Gasteiger partial charge in [0.1, 0.15) is 11.9 Å². The number of fused-ring (bicyclic) bond motifs is 1. The highest BCUT2D eigenvalue weighted by Crippen LogP contribution is 2.25. The van der Waals surface area contributed by atoms with Crippen LogP contribution in [0.15, 0.2) is 48.5 Å². The first-order valence-electron chi connectivity index (χ1n) is 6.57. The number of ether oxygens (including phenoxy) is 1. The van der Waals surface area contributed by atoms with E-state index < -0.39 is 0 Å². The molecular weight excluding hydrogens is 236 g/mol. The van der Waals surface area contributed by atoms with Crippen molar-refractivity contribution >= 4 is 5.78 Å². The number of rotatable bonds is 3. The Morgan fingerprint density at radius 2 is 1.58 bits per heavy atom. The molecule has 0 saturated carbocycles. The van der Waals surface area contributed by atoms with Crippen LogP contribution in [0.4, 0.5) is 0 Å². The third kappa shape index (κ3) is 2.53. The maximum atomic E-state index is 11.2. The third-order valence-electron chi connectivity index (χ3n) is 3.58. The van der Waals surface area contributed by atoms with Crippen molar-refractivity contribution in [3.05, 3.63) is 65.2 Å². The Labute approximate surface area is 113 Å². The summed E-state index contributed by atoms with van der Waals surface area (Å²) in [7, 11) is 0. The number of carbonyl (C=O) groups excluding carboxylic acids is 1. The molecule has 0 aromatic heterocycles. The van der Waals surface area contributed by atoms with E-state index in [9.17, 15) is 4.79 Å². The largest absolute Gasteiger partial charge is 0.490 e. The summed E-state index contributed by atoms with van der Waals surface area (Å²) in [5.41, 5.74) is 3.49. The number of Topliss-reactive ketones (excluding diaryl/α,β-unsaturated/α-hetero) is 1. The predicted molar refractivity (Wildman–Crippen MR) is 74.7 cm³/mol. The summed E-state index contributed by atoms with van der Waals surface area (Å²) in [5, 5.41) is 0. The van der Waals surface area contributed by atoms with Gasteiger partial charge in [-0.15, -0.1) is 0 Å². The molecule has 0 spiro atoms. The van der Waals surface area contributed by atoms with Gasteiger partial charge in [0.25, 0.3) is 0 Å². The third-order valence-corrected chi connectivity index (χ3v) is 3.58. The summed E-state index contributed by atoms with van der Waals surface area (Å²) in [6.07, 6.45) is 2.13. The van der Waals surface area contributed by atoms with Crippen molar-refractivity contribution in [1.29, 1.82) is 0 Å². The van der Waals surface area contributed by atoms with Crippen LogP contribution in [0.25, 0.3) is 0 Å². The highest BCUT2D eigenvalue weighted by atomic mass is 16.5. The smallest absolute Gasteiger partial charge is 0.159 e. The molecule has 96 valence electrons. The molecule has 3 rings (SSSR count). The molecule has 1 aliphatic carbocycles. The molecule has 0 aliphatic heterocycles. The van der Waals surface area contributed by atoms with Gasteiger partial charge in [-0.25, -0.2) is 0 Å². The van der Waals surface area contributed by atoms with Gasteiger partial charge in [-0.2, -0.15) is 0 Å². The van der Waals surface area contributed by atoms with Crippen LogP contribution in [0.1, 0.15) is 28.4 Å². The lowest BCUT2D eigenvalue weighted by Crippen LogP contribution is -2.16. The molecule has 0 amide bonds. The van der Waals surface area contributed by atoms with Gasteiger partial charge < -0.3 is 4.74 Å². The number of ketones is 1. The quantitative estimate of drug-likeness (QED) is 0.782. The van der Waals surface area contributed by atoms with Crippen molar-refractivity contribution in [1.82, 2.24) is 0 Å². The van der Waals surface area contributed by atoms with Crippen LogP contribution in [-0.4, -0.2) is 11.9 Å². The van der Waals surface area contributed by atoms with Gasteiger partial charge in [0, 0.05) is 18.4 Å². The SMILES string of the molecule is CC(=O)c1ccc(OC2Cc3ccccc3C2)cc1. The van der Waals surface area contributed by atoms with E-state index in [1.165, 1.54) is 11.1 Å². The van der Waals surface area contributed by atoms with Crippen LogP contribution in [0.5, 0.6) is 5.75 Å². The lowest BCUT2D eigenvalue weighted by atomic mass is 10.1. The molecule has 0 atom stereocenters. The maximum Gasteiger partial charge on any atom is 0.159 e. The first kappa shape index (κ1) is 12.0. The Balaban J connectivity index is 1.69. The van der Waals surface area contributed by atoms with Crippen molar-refractivity contribution in [3.8, 4) is 5.75 Å². The summed E-state index contributed by atoms with van der Waals surface area (Å²) in [6.45, 7) is 1.57. The molecule has 2 heteroatoms. The van der Waals surface area contributed by atoms with Crippen LogP contribution < -0.4 is 4.74 Å². The molecule has 0 fully saturated rings. The molecule has 0 N–H and O–H groups in total. The Morgan fingerprint density at radius 1 is 1.00 bits per heavy atom. The molecule has 2 nitrogen and oxygen atoms in total. The van der Waals surface area contributed by atoms with E-state index in [1.54, 1.807) is 6.92 Å². The zero-order chi connectivity index (χ0) is 13.2. The first-order chi connectivity index (χ1) is 9.22. The average molecular weight is 252 g/mol. The van der Waals surface area contributed by atoms with Crippen molar-refractivity contribution in [2.24, 2.45) is 0 Å². The van der Waals surface area contributed by atoms with Crippen LogP contribution in [0, 0.1) is 0 Å². The Morgan fingerprint density at radius 3 is 2.11 bits per heavy atom. The van der Waals surface area contributed by atoms with Gasteiger partial charge in [0.2, 0.25) is 0 Å². The normalized spacial score (nSPS) is 14.2. The van der Waals surface area contributed by atoms with E-state index in [-0.39, 0.29) is 11.9 Å². The fraction of sp³-hybridized carbons (Fsp3) is 0.235. The minimum atomic E-state index is 0.0832. The fourth-order valence-electron chi connectivity index (χ4n) is 2.56. The molecule has 2 aromatic rings. The summed E-state index contributed by atoms with van der Waals surface area (Å²) < 4.78 is 5.98. The topological polar surface area (TPSA) is 26.3 Å². The summed E-state index contributed by atoms with van der Waals surface area (Å²) in [5.74, 6) is 0.919. The highest BCUT2D eigenvalue weighted by Gasteiger charge is 2.22. The second-order valence-electron chi connectivity index (χ2n) is 5.00. The molecule has 0 radical (unpaired) electrons. The van der Waals surface area contributed by atoms with Crippen LogP contribution in [-0.2, 0) is 12.8 Å². The zero-order valence-corrected chi connectivity index (χ0v) is 10.9. The standard InChI is InChI=1S/C17H16O2/c1-12(18)13-6-8-16(9-7-13)19-17-10-14-4-2-3-5-15(14)11-17/h2-9,17H,10-11H2,1H3. The second kappa shape index (κ2) is 4.88. The Kier molecular flexibility index (Phi) is 3.08. The van der Waals surface area contributed by atoms with E-state index in [0.29, 0.717) is 0 Å². The molecule has 0 saturated heterocycles. The van der Waals surface area contributed by atoms with Gasteiger partial charge >= 0.3 is 0 Å². The Hall–Kier alpha value is -2.09. The van der Waals surface area contributed by atoms with Crippen molar-refractivity contribution in [2.45, 2.75) is 25.9 Å². The van der Waals surface area contributed by atoms with Crippen molar-refractivity contribution in [2.75, 3.05) is 0 Å². The van der Waals surface area contributed by atoms with E-state index >= 15 is 0 Å². The molecule has 0 heterocycles. The van der Waals surface area contributed by atoms with Crippen molar-refractivity contribution < 1.29 is 9.53 Å². The van der Waals surface area contributed by atoms with Crippen LogP contribution in [0.2, 0.25) is 0 Å². The average Bonchev–Trinajstić information content (AvgIpc) is 2.81. The van der Waals surface area contributed by atoms with E-state index in [2.05, 4.69) is 24.3 Å². The molecule has 0 bridgehead atoms. The molecule has 1 aliphatic rings. The number of benzene rings is 2. The first-order valence-corrected chi connectivity index (χ1v) is 6.57. The van der Waals surface area contributed by atoms with Gasteiger partial charge in [0.05, 0.1) is 0 Å². The zero-order valence-electron chi connectivity index (χ0n) is 10.9. The van der Waals surface area contributed by atoms with E-state index in [4.69, 9.17) is 4.74 Å². The van der Waals surface area contributed by atoms with Crippen LogP contribution >= 0.6 is 0 Å². The summed E-state index contributed by atoms with van der Waals surface area (Å²) in [4.78, 5) is 11.2. The predicted octanol–water partition coefficient (Wildman–Crippen LogP) is 3.44. The van der Waals surface area contributed by atoms with Gasteiger partial charge in [-0.3, -0.25) is 4.79 Å². The second-order valence-corrected chi connectivity index (χ2v) is 5.00. The lowest BCUT2D eigenvalue weighted by Gasteiger charge is -2.13. The monoisotopic (exact) mass is 252 g/mol. The summed E-state index contributed by atoms with van der Waals surface area (Å²) >= 11 is 0. The lowest BCUT2D eigenvalue weighted by molar-refractivity contribution is 0.101. The van der Waals surface area contributed by atoms with Crippen LogP contribution in [0.3, 0.4) is 0 Å². The molecule has 2 aromatic carbocycles. The van der Waals surface area contributed by atoms with Gasteiger partial charge in [0.15, 0.2) is 5.78 Å². The summed E-state index contributed by atoms with van der Waals surface area (Å²) in [6, 6.07) is 15.9. The van der Waals surface area contributed by atoms with E-state index in [0.717, 1.165) is 24.2 Å². The van der Waals surface area contributed by atoms with Crippen molar-refractivity contribution in [3.63, 3.8) is 0 Å². The Bertz CT molecular complexity index is 574. The minimum Gasteiger partial charge on any atom is -0.490 e. The molecule has 19 heavy (non-hydrogen) atoms. The number of hydrogen-bond acceptors (Lipinski definition) is 2. The minimum absolute atomic E-state index is 0.0832. The maximum absolute atomic E-state index is 11.2. The fourth-order valence-corrected chi connectivity index (χ4v) is 2.56. The molecule has 0 unspecified atom stereocenters.